The van der Waals surface area contributed by atoms with Crippen molar-refractivity contribution in [1.29, 1.82) is 0 Å². The summed E-state index contributed by atoms with van der Waals surface area (Å²) in [7, 11) is 0. The first-order chi connectivity index (χ1) is 8.31. The predicted octanol–water partition coefficient (Wildman–Crippen LogP) is 1.89. The molecule has 0 aliphatic carbocycles. The molecule has 0 aliphatic heterocycles. The zero-order chi connectivity index (χ0) is 13.8. The van der Waals surface area contributed by atoms with Crippen molar-refractivity contribution < 1.29 is 4.79 Å². The number of hydrogen-bond donors (Lipinski definition) is 3. The Morgan fingerprint density at radius 3 is 2.50 bits per heavy atom. The number of carbonyl (C=O) groups excluding carboxylic acids is 1. The van der Waals surface area contributed by atoms with Crippen molar-refractivity contribution in [1.82, 2.24) is 5.32 Å². The van der Waals surface area contributed by atoms with Gasteiger partial charge in [0.15, 0.2) is 0 Å². The van der Waals surface area contributed by atoms with Gasteiger partial charge in [0, 0.05) is 29.9 Å². The molecule has 0 unspecified atom stereocenters. The van der Waals surface area contributed by atoms with Gasteiger partial charge in [-0.25, -0.2) is 0 Å². The Bertz CT molecular complexity index is 422. The van der Waals surface area contributed by atoms with Gasteiger partial charge in [0.05, 0.1) is 0 Å². The van der Waals surface area contributed by atoms with E-state index in [4.69, 9.17) is 5.73 Å². The lowest BCUT2D eigenvalue weighted by atomic mass is 10.1. The second-order valence-corrected chi connectivity index (χ2v) is 5.45. The molecule has 4 heteroatoms. The number of primary amides is 1. The fourth-order valence-corrected chi connectivity index (χ4v) is 1.73. The maximum atomic E-state index is 11.2. The van der Waals surface area contributed by atoms with E-state index in [1.807, 2.05) is 19.1 Å². The van der Waals surface area contributed by atoms with Crippen molar-refractivity contribution in [2.24, 2.45) is 5.73 Å². The van der Waals surface area contributed by atoms with Crippen LogP contribution in [-0.2, 0) is 0 Å². The summed E-state index contributed by atoms with van der Waals surface area (Å²) in [4.78, 5) is 11.2. The molecule has 0 fully saturated rings. The first-order valence-electron chi connectivity index (χ1n) is 6.19. The van der Waals surface area contributed by atoms with Crippen LogP contribution in [0, 0.1) is 6.92 Å². The Morgan fingerprint density at radius 1 is 1.28 bits per heavy atom. The van der Waals surface area contributed by atoms with E-state index in [1.54, 1.807) is 6.07 Å². The normalized spacial score (nSPS) is 11.3. The van der Waals surface area contributed by atoms with Gasteiger partial charge in [-0.2, -0.15) is 0 Å². The molecule has 0 aromatic heterocycles. The van der Waals surface area contributed by atoms with E-state index in [1.165, 1.54) is 0 Å². The number of hydrogen-bond acceptors (Lipinski definition) is 3. The number of anilines is 1. The van der Waals surface area contributed by atoms with E-state index in [-0.39, 0.29) is 11.4 Å². The predicted molar refractivity (Wildman–Crippen MR) is 75.9 cm³/mol. The largest absolute Gasteiger partial charge is 0.384 e. The van der Waals surface area contributed by atoms with Gasteiger partial charge in [0.25, 0.3) is 0 Å². The fourth-order valence-electron chi connectivity index (χ4n) is 1.73. The van der Waals surface area contributed by atoms with Crippen LogP contribution in [0.2, 0.25) is 0 Å². The van der Waals surface area contributed by atoms with Gasteiger partial charge >= 0.3 is 0 Å². The van der Waals surface area contributed by atoms with Crippen LogP contribution in [0.3, 0.4) is 0 Å². The third kappa shape index (κ3) is 4.37. The third-order valence-electron chi connectivity index (χ3n) is 2.70. The highest BCUT2D eigenvalue weighted by molar-refractivity contribution is 5.95. The van der Waals surface area contributed by atoms with Crippen molar-refractivity contribution in [3.63, 3.8) is 0 Å². The van der Waals surface area contributed by atoms with Crippen LogP contribution >= 0.6 is 0 Å². The Balaban J connectivity index is 2.58. The molecule has 1 aromatic carbocycles. The lowest BCUT2D eigenvalue weighted by Crippen LogP contribution is -2.38. The molecule has 0 spiro atoms. The van der Waals surface area contributed by atoms with Crippen molar-refractivity contribution >= 4 is 11.6 Å². The van der Waals surface area contributed by atoms with E-state index >= 15 is 0 Å². The molecule has 18 heavy (non-hydrogen) atoms. The Kier molecular flexibility index (Phi) is 4.73. The summed E-state index contributed by atoms with van der Waals surface area (Å²) in [6, 6.07) is 5.54. The van der Waals surface area contributed by atoms with Crippen LogP contribution < -0.4 is 16.4 Å². The number of rotatable bonds is 5. The van der Waals surface area contributed by atoms with Crippen molar-refractivity contribution in [3.05, 3.63) is 29.3 Å². The molecule has 0 aliphatic rings. The van der Waals surface area contributed by atoms with Gasteiger partial charge in [0.2, 0.25) is 5.91 Å². The highest BCUT2D eigenvalue weighted by Gasteiger charge is 2.09. The quantitative estimate of drug-likeness (QED) is 0.698. The maximum Gasteiger partial charge on any atom is 0.249 e. The van der Waals surface area contributed by atoms with Gasteiger partial charge in [-0.3, -0.25) is 4.79 Å². The van der Waals surface area contributed by atoms with E-state index < -0.39 is 0 Å². The summed E-state index contributed by atoms with van der Waals surface area (Å²) in [5, 5.41) is 6.71. The minimum absolute atomic E-state index is 0.117. The molecule has 100 valence electrons. The van der Waals surface area contributed by atoms with E-state index in [2.05, 4.69) is 31.4 Å². The topological polar surface area (TPSA) is 67.2 Å². The molecule has 0 saturated heterocycles. The van der Waals surface area contributed by atoms with E-state index in [9.17, 15) is 4.79 Å². The third-order valence-corrected chi connectivity index (χ3v) is 2.70. The second-order valence-electron chi connectivity index (χ2n) is 5.45. The second kappa shape index (κ2) is 5.87. The van der Waals surface area contributed by atoms with Gasteiger partial charge in [-0.1, -0.05) is 6.07 Å². The zero-order valence-electron chi connectivity index (χ0n) is 11.6. The molecule has 0 heterocycles. The molecular formula is C14H23N3O. The molecule has 0 bridgehead atoms. The Hall–Kier alpha value is -1.55. The van der Waals surface area contributed by atoms with Crippen molar-refractivity contribution in [2.45, 2.75) is 33.2 Å². The molecular weight excluding hydrogens is 226 g/mol. The minimum Gasteiger partial charge on any atom is -0.384 e. The smallest absolute Gasteiger partial charge is 0.249 e. The highest BCUT2D eigenvalue weighted by Crippen LogP contribution is 2.18. The van der Waals surface area contributed by atoms with Gasteiger partial charge in [-0.05, 0) is 45.4 Å². The Morgan fingerprint density at radius 2 is 1.94 bits per heavy atom. The summed E-state index contributed by atoms with van der Waals surface area (Å²) >= 11 is 0. The number of nitrogens with one attached hydrogen (secondary N) is 2. The van der Waals surface area contributed by atoms with Crippen LogP contribution in [0.15, 0.2) is 18.2 Å². The van der Waals surface area contributed by atoms with Crippen LogP contribution in [0.4, 0.5) is 5.69 Å². The van der Waals surface area contributed by atoms with Gasteiger partial charge in [0.1, 0.15) is 0 Å². The molecule has 4 N–H and O–H groups in total. The number of nitrogens with two attached hydrogens (primary N) is 1. The van der Waals surface area contributed by atoms with Crippen molar-refractivity contribution in [3.8, 4) is 0 Å². The standard InChI is InChI=1S/C14H23N3O/c1-10-11(13(15)18)6-5-7-12(10)16-8-9-17-14(2,3)4/h5-7,16-17H,8-9H2,1-4H3,(H2,15,18). The van der Waals surface area contributed by atoms with E-state index in [0.29, 0.717) is 5.56 Å². The first-order valence-corrected chi connectivity index (χ1v) is 6.19. The summed E-state index contributed by atoms with van der Waals surface area (Å²) in [5.74, 6) is -0.385. The summed E-state index contributed by atoms with van der Waals surface area (Å²) < 4.78 is 0. The molecule has 1 amide bonds. The fraction of sp³-hybridized carbons (Fsp3) is 0.500. The lowest BCUT2D eigenvalue weighted by molar-refractivity contribution is 0.1000. The summed E-state index contributed by atoms with van der Waals surface area (Å²) in [6.07, 6.45) is 0. The molecule has 0 atom stereocenters. The monoisotopic (exact) mass is 249 g/mol. The van der Waals surface area contributed by atoms with Crippen molar-refractivity contribution in [2.75, 3.05) is 18.4 Å². The zero-order valence-corrected chi connectivity index (χ0v) is 11.6. The van der Waals surface area contributed by atoms with E-state index in [0.717, 1.165) is 24.3 Å². The number of benzene rings is 1. The van der Waals surface area contributed by atoms with Crippen LogP contribution in [0.5, 0.6) is 0 Å². The molecule has 0 radical (unpaired) electrons. The SMILES string of the molecule is Cc1c(NCCNC(C)(C)C)cccc1C(N)=O. The summed E-state index contributed by atoms with van der Waals surface area (Å²) in [5.41, 5.74) is 7.87. The highest BCUT2D eigenvalue weighted by atomic mass is 16.1. The Labute approximate surface area is 109 Å². The number of amides is 1. The minimum atomic E-state index is -0.385. The molecule has 1 rings (SSSR count). The van der Waals surface area contributed by atoms with Gasteiger partial charge in [-0.15, -0.1) is 0 Å². The maximum absolute atomic E-state index is 11.2. The first kappa shape index (κ1) is 14.5. The van der Waals surface area contributed by atoms with Crippen LogP contribution in [-0.4, -0.2) is 24.5 Å². The molecule has 4 nitrogen and oxygen atoms in total. The summed E-state index contributed by atoms with van der Waals surface area (Å²) in [6.45, 7) is 9.97. The van der Waals surface area contributed by atoms with Gasteiger partial charge < -0.3 is 16.4 Å². The average Bonchev–Trinajstić information content (AvgIpc) is 2.24. The van der Waals surface area contributed by atoms with Crippen LogP contribution in [0.1, 0.15) is 36.7 Å². The average molecular weight is 249 g/mol. The number of carbonyl (C=O) groups is 1. The lowest BCUT2D eigenvalue weighted by Gasteiger charge is -2.21. The molecule has 1 aromatic rings. The molecule has 0 saturated carbocycles. The van der Waals surface area contributed by atoms with Crippen LogP contribution in [0.25, 0.3) is 0 Å².